The molecule has 0 radical (unpaired) electrons. The zero-order valence-corrected chi connectivity index (χ0v) is 17.4. The Morgan fingerprint density at radius 3 is 2.39 bits per heavy atom. The van der Waals surface area contributed by atoms with Gasteiger partial charge in [0.1, 0.15) is 11.6 Å². The first-order valence-electron chi connectivity index (χ1n) is 9.78. The Morgan fingerprint density at radius 2 is 1.79 bits per heavy atom. The molecule has 0 saturated carbocycles. The van der Waals surface area contributed by atoms with E-state index in [0.717, 1.165) is 30.2 Å². The van der Waals surface area contributed by atoms with E-state index in [2.05, 4.69) is 30.7 Å². The maximum absolute atomic E-state index is 13.6. The van der Waals surface area contributed by atoms with E-state index in [1.165, 1.54) is 12.1 Å². The van der Waals surface area contributed by atoms with Crippen LogP contribution in [-0.4, -0.2) is 47.0 Å². The first-order valence-corrected chi connectivity index (χ1v) is 9.78. The summed E-state index contributed by atoms with van der Waals surface area (Å²) in [5.74, 6) is 1.31. The van der Waals surface area contributed by atoms with Crippen LogP contribution in [0, 0.1) is 25.1 Å². The van der Waals surface area contributed by atoms with Gasteiger partial charge in [-0.2, -0.15) is 0 Å². The topological polar surface area (TPSA) is 49.3 Å². The molecule has 28 heavy (non-hydrogen) atoms. The minimum Gasteiger partial charge on any atom is -0.353 e. The van der Waals surface area contributed by atoms with Gasteiger partial charge in [0.15, 0.2) is 5.82 Å². The highest BCUT2D eigenvalue weighted by molar-refractivity contribution is 5.77. The van der Waals surface area contributed by atoms with E-state index in [4.69, 9.17) is 4.98 Å². The molecule has 150 valence electrons. The highest BCUT2D eigenvalue weighted by atomic mass is 19.1. The number of aromatic nitrogens is 2. The number of rotatable bonds is 3. The molecule has 0 aliphatic carbocycles. The van der Waals surface area contributed by atoms with Crippen molar-refractivity contribution in [1.29, 1.82) is 0 Å². The second-order valence-electron chi connectivity index (χ2n) is 8.70. The van der Waals surface area contributed by atoms with Crippen LogP contribution >= 0.6 is 0 Å². The Kier molecular flexibility index (Phi) is 5.68. The molecule has 0 bridgehead atoms. The third kappa shape index (κ3) is 4.66. The summed E-state index contributed by atoms with van der Waals surface area (Å²) >= 11 is 0. The molecule has 0 unspecified atom stereocenters. The van der Waals surface area contributed by atoms with E-state index in [1.54, 1.807) is 6.07 Å². The highest BCUT2D eigenvalue weighted by Crippen LogP contribution is 2.26. The van der Waals surface area contributed by atoms with Crippen LogP contribution in [0.1, 0.15) is 38.4 Å². The lowest BCUT2D eigenvalue weighted by atomic mass is 9.91. The lowest BCUT2D eigenvalue weighted by Crippen LogP contribution is -2.49. The molecule has 1 amide bonds. The maximum Gasteiger partial charge on any atom is 0.223 e. The minimum absolute atomic E-state index is 0.00552. The molecule has 6 heteroatoms. The molecule has 2 aromatic rings. The Morgan fingerprint density at radius 1 is 1.11 bits per heavy atom. The maximum atomic E-state index is 13.6. The summed E-state index contributed by atoms with van der Waals surface area (Å²) in [5, 5.41) is 0. The molecule has 3 rings (SSSR count). The molecule has 0 atom stereocenters. The lowest BCUT2D eigenvalue weighted by molar-refractivity contribution is -0.133. The fourth-order valence-electron chi connectivity index (χ4n) is 3.41. The van der Waals surface area contributed by atoms with Gasteiger partial charge in [-0.3, -0.25) is 4.79 Å². The molecule has 1 aliphatic heterocycles. The molecule has 1 saturated heterocycles. The average molecular weight is 384 g/mol. The van der Waals surface area contributed by atoms with E-state index in [9.17, 15) is 9.18 Å². The lowest BCUT2D eigenvalue weighted by Gasteiger charge is -2.37. The summed E-state index contributed by atoms with van der Waals surface area (Å²) in [6.07, 6.45) is 0.558. The van der Waals surface area contributed by atoms with Crippen molar-refractivity contribution in [1.82, 2.24) is 14.9 Å². The number of carbonyl (C=O) groups excluding carboxylic acids is 1. The van der Waals surface area contributed by atoms with Crippen molar-refractivity contribution in [2.75, 3.05) is 31.1 Å². The fourth-order valence-corrected chi connectivity index (χ4v) is 3.41. The van der Waals surface area contributed by atoms with Crippen LogP contribution in [0.15, 0.2) is 24.3 Å². The van der Waals surface area contributed by atoms with Crippen LogP contribution in [0.25, 0.3) is 11.4 Å². The van der Waals surface area contributed by atoms with E-state index in [0.29, 0.717) is 30.9 Å². The molecule has 0 spiro atoms. The first-order chi connectivity index (χ1) is 13.1. The summed E-state index contributed by atoms with van der Waals surface area (Å²) < 4.78 is 13.6. The smallest absolute Gasteiger partial charge is 0.223 e. The summed E-state index contributed by atoms with van der Waals surface area (Å²) in [4.78, 5) is 25.9. The van der Waals surface area contributed by atoms with Gasteiger partial charge in [0.2, 0.25) is 5.91 Å². The summed E-state index contributed by atoms with van der Waals surface area (Å²) in [6, 6.07) is 6.36. The second-order valence-corrected chi connectivity index (χ2v) is 8.70. The summed E-state index contributed by atoms with van der Waals surface area (Å²) in [5.41, 5.74) is 2.57. The molecule has 1 aliphatic rings. The highest BCUT2D eigenvalue weighted by Gasteiger charge is 2.26. The largest absolute Gasteiger partial charge is 0.353 e. The van der Waals surface area contributed by atoms with Crippen LogP contribution < -0.4 is 4.90 Å². The number of hydrogen-bond donors (Lipinski definition) is 0. The SMILES string of the molecule is Cc1nc(-c2cccc(F)c2)nc(N2CCN(C(=O)CC(C)(C)C)CC2)c1C. The zero-order valence-electron chi connectivity index (χ0n) is 17.4. The molecule has 1 aromatic carbocycles. The molecule has 0 N–H and O–H groups in total. The van der Waals surface area contributed by atoms with Crippen LogP contribution in [0.2, 0.25) is 0 Å². The molecule has 5 nitrogen and oxygen atoms in total. The summed E-state index contributed by atoms with van der Waals surface area (Å²) in [7, 11) is 0. The Balaban J connectivity index is 1.78. The third-order valence-electron chi connectivity index (χ3n) is 5.06. The molecular formula is C22H29FN4O. The van der Waals surface area contributed by atoms with Gasteiger partial charge in [0.05, 0.1) is 0 Å². The van der Waals surface area contributed by atoms with Crippen molar-refractivity contribution in [3.63, 3.8) is 0 Å². The quantitative estimate of drug-likeness (QED) is 0.803. The number of piperazine rings is 1. The normalized spacial score (nSPS) is 15.1. The van der Waals surface area contributed by atoms with Crippen molar-refractivity contribution < 1.29 is 9.18 Å². The van der Waals surface area contributed by atoms with E-state index >= 15 is 0 Å². The number of halogens is 1. The molecule has 2 heterocycles. The van der Waals surface area contributed by atoms with Crippen molar-refractivity contribution >= 4 is 11.7 Å². The van der Waals surface area contributed by atoms with Crippen molar-refractivity contribution in [2.24, 2.45) is 5.41 Å². The van der Waals surface area contributed by atoms with E-state index in [-0.39, 0.29) is 17.1 Å². The Hall–Kier alpha value is -2.50. The number of benzene rings is 1. The van der Waals surface area contributed by atoms with Gasteiger partial charge in [-0.25, -0.2) is 14.4 Å². The Bertz CT molecular complexity index is 867. The standard InChI is InChI=1S/C22H29FN4O/c1-15-16(2)24-20(17-7-6-8-18(23)13-17)25-21(15)27-11-9-26(10-12-27)19(28)14-22(3,4)5/h6-8,13H,9-12,14H2,1-5H3. The van der Waals surface area contributed by atoms with Crippen LogP contribution in [-0.2, 0) is 4.79 Å². The molecule has 1 aromatic heterocycles. The molecule has 1 fully saturated rings. The van der Waals surface area contributed by atoms with E-state index < -0.39 is 0 Å². The predicted molar refractivity (Wildman–Crippen MR) is 110 cm³/mol. The number of nitrogens with zero attached hydrogens (tertiary/aromatic N) is 4. The van der Waals surface area contributed by atoms with Gasteiger partial charge >= 0.3 is 0 Å². The van der Waals surface area contributed by atoms with Gasteiger partial charge in [-0.05, 0) is 31.4 Å². The fraction of sp³-hybridized carbons (Fsp3) is 0.500. The first kappa shape index (κ1) is 20.2. The Labute approximate surface area is 166 Å². The van der Waals surface area contributed by atoms with Crippen LogP contribution in [0.5, 0.6) is 0 Å². The van der Waals surface area contributed by atoms with Crippen LogP contribution in [0.4, 0.5) is 10.2 Å². The summed E-state index contributed by atoms with van der Waals surface area (Å²) in [6.45, 7) is 13.1. The van der Waals surface area contributed by atoms with Gasteiger partial charge < -0.3 is 9.80 Å². The number of anilines is 1. The predicted octanol–water partition coefficient (Wildman–Crippen LogP) is 3.98. The van der Waals surface area contributed by atoms with Crippen LogP contribution in [0.3, 0.4) is 0 Å². The number of hydrogen-bond acceptors (Lipinski definition) is 4. The third-order valence-corrected chi connectivity index (χ3v) is 5.06. The number of carbonyl (C=O) groups is 1. The zero-order chi connectivity index (χ0) is 20.5. The van der Waals surface area contributed by atoms with Gasteiger partial charge in [-0.15, -0.1) is 0 Å². The van der Waals surface area contributed by atoms with E-state index in [1.807, 2.05) is 24.8 Å². The van der Waals surface area contributed by atoms with Gasteiger partial charge in [0, 0.05) is 49.4 Å². The van der Waals surface area contributed by atoms with Crippen molar-refractivity contribution in [3.05, 3.63) is 41.3 Å². The monoisotopic (exact) mass is 384 g/mol. The van der Waals surface area contributed by atoms with Gasteiger partial charge in [-0.1, -0.05) is 32.9 Å². The number of amides is 1. The number of aryl methyl sites for hydroxylation is 1. The molecular weight excluding hydrogens is 355 g/mol. The minimum atomic E-state index is -0.299. The van der Waals surface area contributed by atoms with Crippen molar-refractivity contribution in [3.8, 4) is 11.4 Å². The second kappa shape index (κ2) is 7.86. The van der Waals surface area contributed by atoms with Gasteiger partial charge in [0.25, 0.3) is 0 Å². The average Bonchev–Trinajstić information content (AvgIpc) is 2.62. The van der Waals surface area contributed by atoms with Crippen molar-refractivity contribution in [2.45, 2.75) is 41.0 Å².